The third-order valence-corrected chi connectivity index (χ3v) is 3.46. The zero-order valence-electron chi connectivity index (χ0n) is 14.5. The van der Waals surface area contributed by atoms with Crippen molar-refractivity contribution in [2.24, 2.45) is 10.7 Å². The fourth-order valence-electron chi connectivity index (χ4n) is 2.21. The highest BCUT2D eigenvalue weighted by molar-refractivity contribution is 14.0. The highest BCUT2D eigenvalue weighted by atomic mass is 127. The minimum Gasteiger partial charge on any atom is -0.495 e. The first-order valence-corrected chi connectivity index (χ1v) is 8.11. The van der Waals surface area contributed by atoms with Gasteiger partial charge in [0.15, 0.2) is 5.96 Å². The molecule has 0 saturated carbocycles. The highest BCUT2D eigenvalue weighted by Crippen LogP contribution is 2.22. The third kappa shape index (κ3) is 8.22. The van der Waals surface area contributed by atoms with Gasteiger partial charge in [0.1, 0.15) is 5.75 Å². The van der Waals surface area contributed by atoms with E-state index in [0.29, 0.717) is 19.1 Å². The Hall–Kier alpha value is -1.80. The number of nitrogens with zero attached hydrogens (tertiary/aromatic N) is 1. The molecule has 3 N–H and O–H groups in total. The number of para-hydroxylation sites is 2. The lowest BCUT2D eigenvalue weighted by Crippen LogP contribution is -2.23. The average molecular weight is 455 g/mol. The fourth-order valence-corrected chi connectivity index (χ4v) is 2.21. The molecule has 136 valence electrons. The summed E-state index contributed by atoms with van der Waals surface area (Å²) < 4.78 is 10.9. The van der Waals surface area contributed by atoms with Crippen molar-refractivity contribution in [1.82, 2.24) is 0 Å². The third-order valence-electron chi connectivity index (χ3n) is 3.46. The average Bonchev–Trinajstić information content (AvgIpc) is 2.62. The molecule has 0 spiro atoms. The second-order valence-corrected chi connectivity index (χ2v) is 5.34. The van der Waals surface area contributed by atoms with Crippen LogP contribution in [0.3, 0.4) is 0 Å². The Labute approximate surface area is 166 Å². The van der Waals surface area contributed by atoms with E-state index in [0.717, 1.165) is 30.9 Å². The number of guanidine groups is 1. The number of benzene rings is 2. The van der Waals surface area contributed by atoms with E-state index in [9.17, 15) is 0 Å². The molecular weight excluding hydrogens is 429 g/mol. The van der Waals surface area contributed by atoms with Gasteiger partial charge < -0.3 is 20.5 Å². The van der Waals surface area contributed by atoms with Gasteiger partial charge in [0.05, 0.1) is 19.4 Å². The summed E-state index contributed by atoms with van der Waals surface area (Å²) in [6.07, 6.45) is 1.89. The molecule has 6 heteroatoms. The van der Waals surface area contributed by atoms with Crippen molar-refractivity contribution >= 4 is 35.6 Å². The van der Waals surface area contributed by atoms with Crippen LogP contribution in [0, 0.1) is 0 Å². The lowest BCUT2D eigenvalue weighted by Gasteiger charge is -2.10. The SMILES string of the molecule is COc1ccccc1NC(N)=NCCCCOCc1ccccc1.I. The lowest BCUT2D eigenvalue weighted by molar-refractivity contribution is 0.117. The molecule has 2 aromatic carbocycles. The van der Waals surface area contributed by atoms with Crippen LogP contribution in [0.2, 0.25) is 0 Å². The Balaban J connectivity index is 0.00000312. The van der Waals surface area contributed by atoms with Crippen LogP contribution in [0.15, 0.2) is 59.6 Å². The van der Waals surface area contributed by atoms with Crippen molar-refractivity contribution in [2.45, 2.75) is 19.4 Å². The Morgan fingerprint density at radius 2 is 1.76 bits per heavy atom. The Bertz CT molecular complexity index is 636. The minimum atomic E-state index is 0. The van der Waals surface area contributed by atoms with E-state index in [1.54, 1.807) is 7.11 Å². The van der Waals surface area contributed by atoms with Crippen LogP contribution < -0.4 is 15.8 Å². The number of nitrogens with one attached hydrogen (secondary N) is 1. The van der Waals surface area contributed by atoms with Gasteiger partial charge in [0.2, 0.25) is 0 Å². The van der Waals surface area contributed by atoms with Crippen molar-refractivity contribution < 1.29 is 9.47 Å². The maximum Gasteiger partial charge on any atom is 0.193 e. The molecule has 0 saturated heterocycles. The van der Waals surface area contributed by atoms with Crippen LogP contribution in [0.5, 0.6) is 5.75 Å². The van der Waals surface area contributed by atoms with Crippen molar-refractivity contribution in [3.63, 3.8) is 0 Å². The second kappa shape index (κ2) is 12.5. The van der Waals surface area contributed by atoms with Gasteiger partial charge in [-0.3, -0.25) is 4.99 Å². The molecule has 0 aliphatic rings. The number of unbranched alkanes of at least 4 members (excludes halogenated alkanes) is 1. The van der Waals surface area contributed by atoms with Gasteiger partial charge in [-0.2, -0.15) is 0 Å². The number of halogens is 1. The number of ether oxygens (including phenoxy) is 2. The zero-order valence-corrected chi connectivity index (χ0v) is 16.8. The fraction of sp³-hybridized carbons (Fsp3) is 0.316. The minimum absolute atomic E-state index is 0. The molecule has 0 aliphatic heterocycles. The van der Waals surface area contributed by atoms with E-state index >= 15 is 0 Å². The quantitative estimate of drug-likeness (QED) is 0.259. The predicted octanol–water partition coefficient (Wildman–Crippen LogP) is 4.04. The van der Waals surface area contributed by atoms with Crippen LogP contribution >= 0.6 is 24.0 Å². The van der Waals surface area contributed by atoms with Gasteiger partial charge in [0, 0.05) is 13.2 Å². The van der Waals surface area contributed by atoms with Gasteiger partial charge in [-0.1, -0.05) is 42.5 Å². The number of hydrogen-bond donors (Lipinski definition) is 2. The first-order chi connectivity index (χ1) is 11.8. The molecule has 0 unspecified atom stereocenters. The summed E-state index contributed by atoms with van der Waals surface area (Å²) in [6.45, 7) is 2.05. The summed E-state index contributed by atoms with van der Waals surface area (Å²) in [5.74, 6) is 1.13. The number of anilines is 1. The van der Waals surface area contributed by atoms with Gasteiger partial charge in [-0.25, -0.2) is 0 Å². The van der Waals surface area contributed by atoms with E-state index < -0.39 is 0 Å². The number of nitrogens with two attached hydrogens (primary N) is 1. The topological polar surface area (TPSA) is 68.9 Å². The number of hydrogen-bond acceptors (Lipinski definition) is 3. The van der Waals surface area contributed by atoms with E-state index in [1.165, 1.54) is 5.56 Å². The Morgan fingerprint density at radius 3 is 2.52 bits per heavy atom. The maximum absolute atomic E-state index is 5.90. The first kappa shape index (κ1) is 21.2. The van der Waals surface area contributed by atoms with Crippen LogP contribution in [-0.4, -0.2) is 26.2 Å². The molecule has 25 heavy (non-hydrogen) atoms. The molecule has 0 fully saturated rings. The molecule has 0 bridgehead atoms. The molecule has 2 rings (SSSR count). The Morgan fingerprint density at radius 1 is 1.04 bits per heavy atom. The zero-order chi connectivity index (χ0) is 17.0. The van der Waals surface area contributed by atoms with Gasteiger partial charge in [-0.15, -0.1) is 24.0 Å². The van der Waals surface area contributed by atoms with E-state index in [1.807, 2.05) is 42.5 Å². The molecule has 0 amide bonds. The molecule has 0 aliphatic carbocycles. The lowest BCUT2D eigenvalue weighted by atomic mass is 10.2. The summed E-state index contributed by atoms with van der Waals surface area (Å²) in [6, 6.07) is 17.8. The smallest absolute Gasteiger partial charge is 0.193 e. The highest BCUT2D eigenvalue weighted by Gasteiger charge is 2.01. The summed E-state index contributed by atoms with van der Waals surface area (Å²) in [4.78, 5) is 4.32. The van der Waals surface area contributed by atoms with E-state index in [4.69, 9.17) is 15.2 Å². The standard InChI is InChI=1S/C19H25N3O2.HI/c1-23-18-12-6-5-11-17(18)22-19(20)21-13-7-8-14-24-15-16-9-3-2-4-10-16;/h2-6,9-12H,7-8,13-15H2,1H3,(H3,20,21,22);1H. The van der Waals surface area contributed by atoms with Gasteiger partial charge in [0.25, 0.3) is 0 Å². The summed E-state index contributed by atoms with van der Waals surface area (Å²) in [7, 11) is 1.63. The molecule has 0 atom stereocenters. The van der Waals surface area contributed by atoms with E-state index in [-0.39, 0.29) is 24.0 Å². The monoisotopic (exact) mass is 455 g/mol. The van der Waals surface area contributed by atoms with Crippen LogP contribution in [-0.2, 0) is 11.3 Å². The molecular formula is C19H26IN3O2. The molecule has 5 nitrogen and oxygen atoms in total. The largest absolute Gasteiger partial charge is 0.495 e. The molecule has 0 radical (unpaired) electrons. The van der Waals surface area contributed by atoms with Crippen molar-refractivity contribution in [3.8, 4) is 5.75 Å². The summed E-state index contributed by atoms with van der Waals surface area (Å²) >= 11 is 0. The molecule has 0 heterocycles. The van der Waals surface area contributed by atoms with E-state index in [2.05, 4.69) is 22.4 Å². The van der Waals surface area contributed by atoms with Crippen molar-refractivity contribution in [2.75, 3.05) is 25.6 Å². The maximum atomic E-state index is 5.90. The van der Waals surface area contributed by atoms with Crippen LogP contribution in [0.4, 0.5) is 5.69 Å². The van der Waals surface area contributed by atoms with Gasteiger partial charge >= 0.3 is 0 Å². The first-order valence-electron chi connectivity index (χ1n) is 8.11. The molecule has 0 aromatic heterocycles. The number of rotatable bonds is 9. The van der Waals surface area contributed by atoms with Crippen LogP contribution in [0.1, 0.15) is 18.4 Å². The van der Waals surface area contributed by atoms with Crippen LogP contribution in [0.25, 0.3) is 0 Å². The summed E-state index contributed by atoms with van der Waals surface area (Å²) in [5, 5.41) is 3.06. The number of aliphatic imine (C=N–C) groups is 1. The number of methoxy groups -OCH3 is 1. The predicted molar refractivity (Wildman–Crippen MR) is 114 cm³/mol. The second-order valence-electron chi connectivity index (χ2n) is 5.34. The normalized spacial score (nSPS) is 10.8. The Kier molecular flexibility index (Phi) is 10.7. The van der Waals surface area contributed by atoms with Gasteiger partial charge in [-0.05, 0) is 30.5 Å². The molecule has 2 aromatic rings. The van der Waals surface area contributed by atoms with Crippen molar-refractivity contribution in [3.05, 3.63) is 60.2 Å². The summed E-state index contributed by atoms with van der Waals surface area (Å²) in [5.41, 5.74) is 7.91. The van der Waals surface area contributed by atoms with Crippen molar-refractivity contribution in [1.29, 1.82) is 0 Å².